The molecule has 0 atom stereocenters. The van der Waals surface area contributed by atoms with Crippen LogP contribution in [-0.2, 0) is 19.6 Å². The number of benzene rings is 1. The van der Waals surface area contributed by atoms with Gasteiger partial charge in [-0.25, -0.2) is 18.4 Å². The van der Waals surface area contributed by atoms with Gasteiger partial charge in [0.05, 0.1) is 6.61 Å². The summed E-state index contributed by atoms with van der Waals surface area (Å²) >= 11 is 0. The molecule has 27 heavy (non-hydrogen) atoms. The van der Waals surface area contributed by atoms with Crippen LogP contribution in [0.5, 0.6) is 5.75 Å². The van der Waals surface area contributed by atoms with Gasteiger partial charge < -0.3 is 20.1 Å². The third-order valence-corrected chi connectivity index (χ3v) is 5.14. The van der Waals surface area contributed by atoms with E-state index in [4.69, 9.17) is 9.88 Å². The predicted octanol–water partition coefficient (Wildman–Crippen LogP) is 1.48. The SMILES string of the molecule is CC(C)COC(=O)N1CCC(C(=O)Nc2ccc(O)c(S(N)(=O)=O)c2)CC1. The molecule has 150 valence electrons. The molecule has 1 aliphatic heterocycles. The number of hydrogen-bond donors (Lipinski definition) is 3. The van der Waals surface area contributed by atoms with Gasteiger partial charge in [0, 0.05) is 24.7 Å². The van der Waals surface area contributed by atoms with Crippen molar-refractivity contribution in [2.45, 2.75) is 31.6 Å². The zero-order valence-electron chi connectivity index (χ0n) is 15.3. The molecule has 0 unspecified atom stereocenters. The second-order valence-corrected chi connectivity index (χ2v) is 8.48. The van der Waals surface area contributed by atoms with E-state index in [9.17, 15) is 23.1 Å². The van der Waals surface area contributed by atoms with E-state index in [0.717, 1.165) is 12.1 Å². The fraction of sp³-hybridized carbons (Fsp3) is 0.529. The van der Waals surface area contributed by atoms with Crippen molar-refractivity contribution in [3.05, 3.63) is 18.2 Å². The molecule has 0 saturated carbocycles. The van der Waals surface area contributed by atoms with E-state index < -0.39 is 20.7 Å². The lowest BCUT2D eigenvalue weighted by Gasteiger charge is -2.30. The number of nitrogens with zero attached hydrogens (tertiary/aromatic N) is 1. The summed E-state index contributed by atoms with van der Waals surface area (Å²) in [6, 6.07) is 3.66. The fourth-order valence-corrected chi connectivity index (χ4v) is 3.37. The van der Waals surface area contributed by atoms with Crippen LogP contribution in [-0.4, -0.2) is 50.1 Å². The van der Waals surface area contributed by atoms with Gasteiger partial charge in [0.25, 0.3) is 0 Å². The Morgan fingerprint density at radius 1 is 1.33 bits per heavy atom. The van der Waals surface area contributed by atoms with Gasteiger partial charge in [0.15, 0.2) is 0 Å². The topological polar surface area (TPSA) is 139 Å². The average Bonchev–Trinajstić information content (AvgIpc) is 2.60. The third-order valence-electron chi connectivity index (χ3n) is 4.20. The van der Waals surface area contributed by atoms with Crippen LogP contribution in [0.1, 0.15) is 26.7 Å². The molecule has 0 aliphatic carbocycles. The van der Waals surface area contributed by atoms with Crippen molar-refractivity contribution in [3.8, 4) is 5.75 Å². The molecule has 0 aromatic heterocycles. The van der Waals surface area contributed by atoms with Crippen LogP contribution in [0, 0.1) is 11.8 Å². The van der Waals surface area contributed by atoms with Crippen molar-refractivity contribution in [1.82, 2.24) is 4.90 Å². The van der Waals surface area contributed by atoms with E-state index in [1.54, 1.807) is 4.90 Å². The molecule has 2 rings (SSSR count). The lowest BCUT2D eigenvalue weighted by atomic mass is 9.96. The monoisotopic (exact) mass is 399 g/mol. The minimum absolute atomic E-state index is 0.223. The summed E-state index contributed by atoms with van der Waals surface area (Å²) in [5.74, 6) is -0.823. The van der Waals surface area contributed by atoms with E-state index in [2.05, 4.69) is 5.32 Å². The number of phenols is 1. The number of ether oxygens (including phenoxy) is 1. The van der Waals surface area contributed by atoms with Gasteiger partial charge >= 0.3 is 6.09 Å². The molecule has 9 nitrogen and oxygen atoms in total. The molecule has 1 heterocycles. The lowest BCUT2D eigenvalue weighted by molar-refractivity contribution is -0.121. The van der Waals surface area contributed by atoms with E-state index in [0.29, 0.717) is 32.5 Å². The molecule has 0 bridgehead atoms. The maximum atomic E-state index is 12.4. The van der Waals surface area contributed by atoms with Gasteiger partial charge in [-0.1, -0.05) is 13.8 Å². The molecular weight excluding hydrogens is 374 g/mol. The number of nitrogens with two attached hydrogens (primary N) is 1. The van der Waals surface area contributed by atoms with E-state index in [1.165, 1.54) is 6.07 Å². The largest absolute Gasteiger partial charge is 0.507 e. The number of likely N-dealkylation sites (tertiary alicyclic amines) is 1. The van der Waals surface area contributed by atoms with Gasteiger partial charge in [-0.2, -0.15) is 0 Å². The highest BCUT2D eigenvalue weighted by atomic mass is 32.2. The normalized spacial score (nSPS) is 15.6. The number of aromatic hydroxyl groups is 1. The first-order chi connectivity index (χ1) is 12.6. The summed E-state index contributed by atoms with van der Waals surface area (Å²) in [6.45, 7) is 5.08. The zero-order chi connectivity index (χ0) is 20.2. The molecule has 4 N–H and O–H groups in total. The Kier molecular flexibility index (Phi) is 6.66. The van der Waals surface area contributed by atoms with E-state index >= 15 is 0 Å². The predicted molar refractivity (Wildman–Crippen MR) is 98.6 cm³/mol. The Labute approximate surface area is 158 Å². The fourth-order valence-electron chi connectivity index (χ4n) is 2.72. The number of primary sulfonamides is 1. The molecule has 2 amide bonds. The van der Waals surface area contributed by atoms with Crippen LogP contribution in [0.2, 0.25) is 0 Å². The number of carbonyl (C=O) groups is 2. The summed E-state index contributed by atoms with van der Waals surface area (Å²) in [5.41, 5.74) is 0.223. The standard InChI is InChI=1S/C17H25N3O6S/c1-11(2)10-26-17(23)20-7-5-12(6-8-20)16(22)19-13-3-4-14(21)15(9-13)27(18,24)25/h3-4,9,11-12,21H,5-8,10H2,1-2H3,(H,19,22)(H2,18,24,25). The van der Waals surface area contributed by atoms with Gasteiger partial charge in [0.2, 0.25) is 15.9 Å². The van der Waals surface area contributed by atoms with Crippen molar-refractivity contribution in [3.63, 3.8) is 0 Å². The van der Waals surface area contributed by atoms with Crippen LogP contribution in [0.4, 0.5) is 10.5 Å². The Balaban J connectivity index is 1.92. The highest BCUT2D eigenvalue weighted by Crippen LogP contribution is 2.26. The first-order valence-electron chi connectivity index (χ1n) is 8.66. The number of carbonyl (C=O) groups excluding carboxylic acids is 2. The van der Waals surface area contributed by atoms with Gasteiger partial charge in [-0.3, -0.25) is 4.79 Å². The van der Waals surface area contributed by atoms with Crippen molar-refractivity contribution in [1.29, 1.82) is 0 Å². The summed E-state index contributed by atoms with van der Waals surface area (Å²) in [6.07, 6.45) is 0.574. The van der Waals surface area contributed by atoms with Gasteiger partial charge in [-0.15, -0.1) is 0 Å². The number of amides is 2. The molecule has 0 spiro atoms. The second-order valence-electron chi connectivity index (χ2n) is 6.95. The summed E-state index contributed by atoms with van der Waals surface area (Å²) < 4.78 is 28.1. The molecule has 0 radical (unpaired) electrons. The molecular formula is C17H25N3O6S. The summed E-state index contributed by atoms with van der Waals surface area (Å²) in [5, 5.41) is 17.3. The number of hydrogen-bond acceptors (Lipinski definition) is 6. The highest BCUT2D eigenvalue weighted by molar-refractivity contribution is 7.89. The van der Waals surface area contributed by atoms with Crippen molar-refractivity contribution < 1.29 is 27.9 Å². The first kappa shape index (κ1) is 21.0. The minimum Gasteiger partial charge on any atom is -0.507 e. The van der Waals surface area contributed by atoms with Crippen LogP contribution in [0.25, 0.3) is 0 Å². The lowest BCUT2D eigenvalue weighted by Crippen LogP contribution is -2.42. The molecule has 1 aliphatic rings. The number of phenolic OH excluding ortho intramolecular Hbond substituents is 1. The molecule has 1 fully saturated rings. The summed E-state index contributed by atoms with van der Waals surface area (Å²) in [4.78, 5) is 25.5. The number of anilines is 1. The maximum absolute atomic E-state index is 12.4. The summed E-state index contributed by atoms with van der Waals surface area (Å²) in [7, 11) is -4.10. The number of piperidine rings is 1. The number of rotatable bonds is 5. The molecule has 10 heteroatoms. The van der Waals surface area contributed by atoms with Gasteiger partial charge in [-0.05, 0) is 37.0 Å². The van der Waals surface area contributed by atoms with Crippen molar-refractivity contribution in [2.75, 3.05) is 25.0 Å². The van der Waals surface area contributed by atoms with Crippen LogP contribution in [0.3, 0.4) is 0 Å². The Hall–Kier alpha value is -2.33. The molecule has 1 aromatic rings. The van der Waals surface area contributed by atoms with E-state index in [1.807, 2.05) is 13.8 Å². The Morgan fingerprint density at radius 2 is 1.96 bits per heavy atom. The second kappa shape index (κ2) is 8.57. The van der Waals surface area contributed by atoms with E-state index in [-0.39, 0.29) is 29.5 Å². The Morgan fingerprint density at radius 3 is 2.52 bits per heavy atom. The highest BCUT2D eigenvalue weighted by Gasteiger charge is 2.28. The van der Waals surface area contributed by atoms with Gasteiger partial charge in [0.1, 0.15) is 10.6 Å². The average molecular weight is 399 g/mol. The maximum Gasteiger partial charge on any atom is 0.409 e. The minimum atomic E-state index is -4.10. The Bertz CT molecular complexity index is 801. The quantitative estimate of drug-likeness (QED) is 0.641. The smallest absolute Gasteiger partial charge is 0.409 e. The van der Waals surface area contributed by atoms with Crippen molar-refractivity contribution >= 4 is 27.7 Å². The number of nitrogens with one attached hydrogen (secondary N) is 1. The van der Waals surface area contributed by atoms with Crippen LogP contribution in [0.15, 0.2) is 23.1 Å². The zero-order valence-corrected chi connectivity index (χ0v) is 16.2. The first-order valence-corrected chi connectivity index (χ1v) is 10.2. The number of sulfonamides is 1. The van der Waals surface area contributed by atoms with Crippen LogP contribution >= 0.6 is 0 Å². The third kappa shape index (κ3) is 5.83. The molecule has 1 aromatic carbocycles. The van der Waals surface area contributed by atoms with Crippen LogP contribution < -0.4 is 10.5 Å². The molecule has 1 saturated heterocycles. The van der Waals surface area contributed by atoms with Crippen molar-refractivity contribution in [2.24, 2.45) is 17.0 Å².